The number of benzene rings is 1. The van der Waals surface area contributed by atoms with E-state index in [-0.39, 0.29) is 24.5 Å². The van der Waals surface area contributed by atoms with E-state index in [0.29, 0.717) is 5.75 Å². The van der Waals surface area contributed by atoms with Gasteiger partial charge in [-0.05, 0) is 18.6 Å². The van der Waals surface area contributed by atoms with Crippen molar-refractivity contribution >= 4 is 11.8 Å². The molecule has 28 heavy (non-hydrogen) atoms. The highest BCUT2D eigenvalue weighted by Crippen LogP contribution is 2.16. The Morgan fingerprint density at radius 2 is 1.57 bits per heavy atom. The summed E-state index contributed by atoms with van der Waals surface area (Å²) in [6, 6.07) is 8.86. The monoisotopic (exact) mass is 388 g/mol. The second-order valence-electron chi connectivity index (χ2n) is 7.73. The predicted octanol–water partition coefficient (Wildman–Crippen LogP) is 4.36. The summed E-state index contributed by atoms with van der Waals surface area (Å²) in [5, 5.41) is 5.70. The molecule has 0 aromatic heterocycles. The van der Waals surface area contributed by atoms with Crippen LogP contribution in [0, 0.1) is 0 Å². The first-order chi connectivity index (χ1) is 13.7. The average Bonchev–Trinajstić information content (AvgIpc) is 2.72. The van der Waals surface area contributed by atoms with Crippen molar-refractivity contribution in [2.45, 2.75) is 89.6 Å². The van der Waals surface area contributed by atoms with Crippen LogP contribution in [0.3, 0.4) is 0 Å². The van der Waals surface area contributed by atoms with Crippen LogP contribution in [0.5, 0.6) is 5.75 Å². The maximum absolute atomic E-state index is 12.0. The third kappa shape index (κ3) is 8.32. The van der Waals surface area contributed by atoms with Crippen LogP contribution in [-0.4, -0.2) is 30.5 Å². The van der Waals surface area contributed by atoms with Crippen LogP contribution in [0.4, 0.5) is 0 Å². The van der Waals surface area contributed by atoms with Gasteiger partial charge in [-0.2, -0.15) is 0 Å². The number of carbonyl (C=O) groups excluding carboxylic acids is 2. The summed E-state index contributed by atoms with van der Waals surface area (Å²) in [7, 11) is 0. The Bertz CT molecular complexity index is 576. The first kappa shape index (κ1) is 22.3. The molecule has 5 heteroatoms. The molecule has 1 heterocycles. The van der Waals surface area contributed by atoms with Gasteiger partial charge in [-0.25, -0.2) is 0 Å². The molecule has 0 radical (unpaired) electrons. The Kier molecular flexibility index (Phi) is 10.5. The molecule has 1 aliphatic rings. The highest BCUT2D eigenvalue weighted by molar-refractivity contribution is 5.93. The smallest absolute Gasteiger partial charge is 0.258 e. The van der Waals surface area contributed by atoms with Crippen LogP contribution < -0.4 is 15.4 Å². The number of β-lactam (4-membered cyclic amide) rings is 1. The largest absolute Gasteiger partial charge is 0.484 e. The zero-order chi connectivity index (χ0) is 20.0. The molecule has 2 unspecified atom stereocenters. The van der Waals surface area contributed by atoms with Crippen LogP contribution >= 0.6 is 0 Å². The van der Waals surface area contributed by atoms with Crippen LogP contribution in [-0.2, 0) is 9.59 Å². The lowest BCUT2D eigenvalue weighted by molar-refractivity contribution is -0.137. The molecule has 156 valence electrons. The summed E-state index contributed by atoms with van der Waals surface area (Å²) >= 11 is 0. The minimum absolute atomic E-state index is 0.0576. The zero-order valence-corrected chi connectivity index (χ0v) is 17.3. The second-order valence-corrected chi connectivity index (χ2v) is 7.73. The van der Waals surface area contributed by atoms with Crippen molar-refractivity contribution in [3.8, 4) is 5.75 Å². The molecule has 2 N–H and O–H groups in total. The van der Waals surface area contributed by atoms with Gasteiger partial charge in [0, 0.05) is 0 Å². The van der Waals surface area contributed by atoms with Gasteiger partial charge in [-0.1, -0.05) is 89.3 Å². The third-order valence-corrected chi connectivity index (χ3v) is 5.31. The van der Waals surface area contributed by atoms with Crippen molar-refractivity contribution < 1.29 is 14.3 Å². The van der Waals surface area contributed by atoms with Crippen molar-refractivity contribution in [1.29, 1.82) is 0 Å². The van der Waals surface area contributed by atoms with Crippen LogP contribution in [0.2, 0.25) is 0 Å². The van der Waals surface area contributed by atoms with Crippen molar-refractivity contribution in [2.24, 2.45) is 0 Å². The van der Waals surface area contributed by atoms with Crippen LogP contribution in [0.25, 0.3) is 0 Å². The SMILES string of the molecule is CCCCCCCCCCCCC1NC(=O)C1NC(=O)COc1ccccc1. The summed E-state index contributed by atoms with van der Waals surface area (Å²) in [4.78, 5) is 23.8. The van der Waals surface area contributed by atoms with Gasteiger partial charge in [0.15, 0.2) is 6.61 Å². The van der Waals surface area contributed by atoms with E-state index in [0.717, 1.165) is 12.8 Å². The minimum atomic E-state index is -0.412. The molecule has 5 nitrogen and oxygen atoms in total. The highest BCUT2D eigenvalue weighted by atomic mass is 16.5. The Morgan fingerprint density at radius 3 is 2.18 bits per heavy atom. The normalized spacial score (nSPS) is 18.2. The fourth-order valence-electron chi connectivity index (χ4n) is 3.58. The molecule has 0 bridgehead atoms. The molecular weight excluding hydrogens is 352 g/mol. The van der Waals surface area contributed by atoms with Crippen molar-refractivity contribution in [2.75, 3.05) is 6.61 Å². The summed E-state index contributed by atoms with van der Waals surface area (Å²) in [6.07, 6.45) is 13.9. The first-order valence-electron chi connectivity index (χ1n) is 11.0. The minimum Gasteiger partial charge on any atom is -0.484 e. The molecule has 1 aromatic carbocycles. The van der Waals surface area contributed by atoms with Crippen molar-refractivity contribution in [1.82, 2.24) is 10.6 Å². The first-order valence-corrected chi connectivity index (χ1v) is 11.0. The van der Waals surface area contributed by atoms with Crippen molar-refractivity contribution in [3.63, 3.8) is 0 Å². The molecule has 0 aliphatic carbocycles. The Balaban J connectivity index is 1.51. The standard InChI is InChI=1S/C23H36N2O3/c1-2-3-4-5-6-7-8-9-10-14-17-20-22(23(27)24-20)25-21(26)18-28-19-15-12-11-13-16-19/h11-13,15-16,20,22H,2-10,14,17-18H2,1H3,(H,24,27)(H,25,26). The maximum Gasteiger partial charge on any atom is 0.258 e. The number of ether oxygens (including phenoxy) is 1. The quantitative estimate of drug-likeness (QED) is 0.346. The number of para-hydroxylation sites is 1. The Morgan fingerprint density at radius 1 is 0.964 bits per heavy atom. The molecule has 1 fully saturated rings. The topological polar surface area (TPSA) is 67.4 Å². The molecule has 0 saturated carbocycles. The third-order valence-electron chi connectivity index (χ3n) is 5.31. The average molecular weight is 389 g/mol. The molecule has 2 atom stereocenters. The summed E-state index contributed by atoms with van der Waals surface area (Å²) in [5.41, 5.74) is 0. The second kappa shape index (κ2) is 13.2. The van der Waals surface area contributed by atoms with E-state index >= 15 is 0 Å². The zero-order valence-electron chi connectivity index (χ0n) is 17.3. The fraction of sp³-hybridized carbons (Fsp3) is 0.652. The van der Waals surface area contributed by atoms with Crippen LogP contribution in [0.15, 0.2) is 30.3 Å². The lowest BCUT2D eigenvalue weighted by atomic mass is 9.93. The van der Waals surface area contributed by atoms with Crippen LogP contribution in [0.1, 0.15) is 77.6 Å². The van der Waals surface area contributed by atoms with E-state index in [1.165, 1.54) is 57.8 Å². The number of hydrogen-bond donors (Lipinski definition) is 2. The Hall–Kier alpha value is -2.04. The summed E-state index contributed by atoms with van der Waals surface area (Å²) in [6.45, 7) is 2.18. The number of nitrogens with one attached hydrogen (secondary N) is 2. The fourth-order valence-corrected chi connectivity index (χ4v) is 3.58. The van der Waals surface area contributed by atoms with E-state index in [1.54, 1.807) is 12.1 Å². The van der Waals surface area contributed by atoms with E-state index in [1.807, 2.05) is 18.2 Å². The van der Waals surface area contributed by atoms with Gasteiger partial charge in [0.25, 0.3) is 5.91 Å². The lowest BCUT2D eigenvalue weighted by Gasteiger charge is -2.37. The number of rotatable bonds is 15. The number of hydrogen-bond acceptors (Lipinski definition) is 3. The maximum atomic E-state index is 12.0. The van der Waals surface area contributed by atoms with Crippen molar-refractivity contribution in [3.05, 3.63) is 30.3 Å². The van der Waals surface area contributed by atoms with E-state index < -0.39 is 6.04 Å². The molecule has 0 spiro atoms. The summed E-state index contributed by atoms with van der Waals surface area (Å²) in [5.74, 6) is 0.305. The van der Waals surface area contributed by atoms with Gasteiger partial charge in [0.2, 0.25) is 5.91 Å². The number of amides is 2. The number of unbranched alkanes of at least 4 members (excludes halogenated alkanes) is 9. The molecule has 2 rings (SSSR count). The molecule has 1 saturated heterocycles. The number of carbonyl (C=O) groups is 2. The summed E-state index contributed by atoms with van der Waals surface area (Å²) < 4.78 is 5.43. The van der Waals surface area contributed by atoms with Gasteiger partial charge < -0.3 is 15.4 Å². The highest BCUT2D eigenvalue weighted by Gasteiger charge is 2.39. The molecule has 1 aliphatic heterocycles. The van der Waals surface area contributed by atoms with Gasteiger partial charge in [-0.3, -0.25) is 9.59 Å². The molecule has 2 amide bonds. The lowest BCUT2D eigenvalue weighted by Crippen LogP contribution is -2.69. The van der Waals surface area contributed by atoms with Gasteiger partial charge in [0.1, 0.15) is 11.8 Å². The van der Waals surface area contributed by atoms with Gasteiger partial charge in [0.05, 0.1) is 6.04 Å². The van der Waals surface area contributed by atoms with E-state index in [9.17, 15) is 9.59 Å². The predicted molar refractivity (Wildman–Crippen MR) is 112 cm³/mol. The van der Waals surface area contributed by atoms with Gasteiger partial charge >= 0.3 is 0 Å². The van der Waals surface area contributed by atoms with E-state index in [2.05, 4.69) is 17.6 Å². The van der Waals surface area contributed by atoms with Gasteiger partial charge in [-0.15, -0.1) is 0 Å². The Labute approximate surface area is 169 Å². The molecule has 1 aromatic rings. The molecular formula is C23H36N2O3. The van der Waals surface area contributed by atoms with E-state index in [4.69, 9.17) is 4.74 Å².